The molecule has 0 saturated carbocycles. The highest BCUT2D eigenvalue weighted by atomic mass is 16.5. The molecule has 3 heteroatoms. The van der Waals surface area contributed by atoms with E-state index >= 15 is 0 Å². The minimum atomic E-state index is -0.0920. The van der Waals surface area contributed by atoms with E-state index in [1.54, 1.807) is 0 Å². The maximum atomic E-state index is 11.1. The van der Waals surface area contributed by atoms with Crippen LogP contribution >= 0.6 is 0 Å². The zero-order chi connectivity index (χ0) is 15.8. The van der Waals surface area contributed by atoms with Crippen LogP contribution in [0.5, 0.6) is 0 Å². The summed E-state index contributed by atoms with van der Waals surface area (Å²) in [7, 11) is 0. The Morgan fingerprint density at radius 2 is 1.38 bits per heavy atom. The fourth-order valence-electron chi connectivity index (χ4n) is 2.54. The molecule has 0 rings (SSSR count). The van der Waals surface area contributed by atoms with Crippen LogP contribution in [0.15, 0.2) is 0 Å². The number of rotatable bonds is 15. The van der Waals surface area contributed by atoms with Gasteiger partial charge in [-0.2, -0.15) is 0 Å². The smallest absolute Gasteiger partial charge is 0.305 e. The van der Waals surface area contributed by atoms with Crippen LogP contribution in [0.25, 0.3) is 0 Å². The highest BCUT2D eigenvalue weighted by molar-refractivity contribution is 5.69. The third kappa shape index (κ3) is 15.6. The van der Waals surface area contributed by atoms with Crippen molar-refractivity contribution in [2.75, 3.05) is 6.61 Å². The van der Waals surface area contributed by atoms with E-state index in [-0.39, 0.29) is 12.1 Å². The van der Waals surface area contributed by atoms with Gasteiger partial charge in [0.1, 0.15) is 0 Å². The fourth-order valence-corrected chi connectivity index (χ4v) is 2.54. The molecule has 0 bridgehead atoms. The highest BCUT2D eigenvalue weighted by Crippen LogP contribution is 2.13. The van der Waals surface area contributed by atoms with Gasteiger partial charge in [0.25, 0.3) is 0 Å². The summed E-state index contributed by atoms with van der Waals surface area (Å²) in [6, 6.07) is 0. The van der Waals surface area contributed by atoms with Gasteiger partial charge >= 0.3 is 5.97 Å². The van der Waals surface area contributed by atoms with Crippen molar-refractivity contribution in [2.24, 2.45) is 0 Å². The normalized spacial score (nSPS) is 12.3. The molecule has 0 aromatic carbocycles. The topological polar surface area (TPSA) is 46.5 Å². The van der Waals surface area contributed by atoms with E-state index in [0.29, 0.717) is 13.0 Å². The molecular formula is C18H36O3. The number of aliphatic hydroxyl groups excluding tert-OH is 1. The molecule has 126 valence electrons. The SMILES string of the molecule is CCCCCCC(O)CCCCCCCCC(=O)OCC. The van der Waals surface area contributed by atoms with Gasteiger partial charge in [-0.3, -0.25) is 4.79 Å². The van der Waals surface area contributed by atoms with Gasteiger partial charge in [0.05, 0.1) is 12.7 Å². The summed E-state index contributed by atoms with van der Waals surface area (Å²) in [5.41, 5.74) is 0. The van der Waals surface area contributed by atoms with E-state index in [9.17, 15) is 9.90 Å². The molecule has 0 amide bonds. The van der Waals surface area contributed by atoms with E-state index in [4.69, 9.17) is 4.74 Å². The number of hydrogen-bond donors (Lipinski definition) is 1. The van der Waals surface area contributed by atoms with Gasteiger partial charge in [-0.1, -0.05) is 64.7 Å². The molecule has 0 spiro atoms. The number of ether oxygens (including phenoxy) is 1. The van der Waals surface area contributed by atoms with Crippen LogP contribution in [0.4, 0.5) is 0 Å². The average molecular weight is 300 g/mol. The third-order valence-electron chi connectivity index (χ3n) is 3.86. The molecule has 21 heavy (non-hydrogen) atoms. The molecule has 0 saturated heterocycles. The lowest BCUT2D eigenvalue weighted by atomic mass is 10.0. The number of hydrogen-bond acceptors (Lipinski definition) is 3. The monoisotopic (exact) mass is 300 g/mol. The summed E-state index contributed by atoms with van der Waals surface area (Å²) >= 11 is 0. The molecule has 0 heterocycles. The van der Waals surface area contributed by atoms with E-state index in [1.165, 1.54) is 44.9 Å². The van der Waals surface area contributed by atoms with Gasteiger partial charge in [0, 0.05) is 6.42 Å². The van der Waals surface area contributed by atoms with Crippen molar-refractivity contribution in [3.63, 3.8) is 0 Å². The van der Waals surface area contributed by atoms with Crippen LogP contribution in [0.2, 0.25) is 0 Å². The quantitative estimate of drug-likeness (QED) is 0.342. The highest BCUT2D eigenvalue weighted by Gasteiger charge is 2.04. The second kappa shape index (κ2) is 15.8. The summed E-state index contributed by atoms with van der Waals surface area (Å²) in [4.78, 5) is 11.1. The second-order valence-electron chi connectivity index (χ2n) is 5.97. The van der Waals surface area contributed by atoms with E-state index < -0.39 is 0 Å². The maximum absolute atomic E-state index is 11.1. The first kappa shape index (κ1) is 20.4. The standard InChI is InChI=1S/C18H36O3/c1-3-5-6-11-14-17(19)15-12-9-7-8-10-13-16-18(20)21-4-2/h17,19H,3-16H2,1-2H3. The van der Waals surface area contributed by atoms with Crippen LogP contribution in [0.3, 0.4) is 0 Å². The first-order valence-electron chi connectivity index (χ1n) is 9.04. The van der Waals surface area contributed by atoms with Crippen molar-refractivity contribution >= 4 is 5.97 Å². The summed E-state index contributed by atoms with van der Waals surface area (Å²) < 4.78 is 4.89. The Morgan fingerprint density at radius 1 is 0.857 bits per heavy atom. The number of carbonyl (C=O) groups is 1. The maximum Gasteiger partial charge on any atom is 0.305 e. The van der Waals surface area contributed by atoms with Crippen LogP contribution in [0, 0.1) is 0 Å². The predicted molar refractivity (Wildman–Crippen MR) is 88.3 cm³/mol. The summed E-state index contributed by atoms with van der Waals surface area (Å²) in [6.07, 6.45) is 14.2. The molecule has 0 aliphatic carbocycles. The largest absolute Gasteiger partial charge is 0.466 e. The Balaban J connectivity index is 3.19. The van der Waals surface area contributed by atoms with Crippen molar-refractivity contribution in [1.29, 1.82) is 0 Å². The lowest BCUT2D eigenvalue weighted by Crippen LogP contribution is -2.05. The van der Waals surface area contributed by atoms with Crippen molar-refractivity contribution in [1.82, 2.24) is 0 Å². The summed E-state index contributed by atoms with van der Waals surface area (Å²) in [5, 5.41) is 9.85. The molecule has 0 aliphatic rings. The van der Waals surface area contributed by atoms with Crippen molar-refractivity contribution < 1.29 is 14.6 Å². The summed E-state index contributed by atoms with van der Waals surface area (Å²) in [5.74, 6) is -0.0660. The Morgan fingerprint density at radius 3 is 1.95 bits per heavy atom. The molecule has 1 N–H and O–H groups in total. The molecular weight excluding hydrogens is 264 g/mol. The fraction of sp³-hybridized carbons (Fsp3) is 0.944. The molecule has 1 unspecified atom stereocenters. The molecule has 0 aromatic rings. The first-order valence-corrected chi connectivity index (χ1v) is 9.04. The molecule has 1 atom stereocenters. The number of esters is 1. The molecule has 0 aromatic heterocycles. The molecule has 0 fully saturated rings. The number of carbonyl (C=O) groups excluding carboxylic acids is 1. The van der Waals surface area contributed by atoms with Gasteiger partial charge in [-0.25, -0.2) is 0 Å². The zero-order valence-electron chi connectivity index (χ0n) is 14.2. The zero-order valence-corrected chi connectivity index (χ0v) is 14.2. The number of unbranched alkanes of at least 4 members (excludes halogenated alkanes) is 8. The van der Waals surface area contributed by atoms with Crippen LogP contribution in [0.1, 0.15) is 97.3 Å². The molecule has 0 radical (unpaired) electrons. The predicted octanol–water partition coefficient (Wildman–Crippen LogP) is 5.00. The van der Waals surface area contributed by atoms with Gasteiger partial charge in [-0.15, -0.1) is 0 Å². The minimum Gasteiger partial charge on any atom is -0.466 e. The Hall–Kier alpha value is -0.570. The van der Waals surface area contributed by atoms with Crippen LogP contribution in [-0.4, -0.2) is 23.8 Å². The van der Waals surface area contributed by atoms with Gasteiger partial charge in [0.15, 0.2) is 0 Å². The van der Waals surface area contributed by atoms with Gasteiger partial charge in [-0.05, 0) is 26.2 Å². The van der Waals surface area contributed by atoms with Gasteiger partial charge < -0.3 is 9.84 Å². The molecule has 0 aliphatic heterocycles. The first-order chi connectivity index (χ1) is 10.2. The van der Waals surface area contributed by atoms with Crippen LogP contribution < -0.4 is 0 Å². The average Bonchev–Trinajstić information content (AvgIpc) is 2.46. The van der Waals surface area contributed by atoms with Gasteiger partial charge in [0.2, 0.25) is 0 Å². The van der Waals surface area contributed by atoms with E-state index in [2.05, 4.69) is 6.92 Å². The van der Waals surface area contributed by atoms with Crippen molar-refractivity contribution in [2.45, 2.75) is 103 Å². The summed E-state index contributed by atoms with van der Waals surface area (Å²) in [6.45, 7) is 4.54. The van der Waals surface area contributed by atoms with Crippen molar-refractivity contribution in [3.05, 3.63) is 0 Å². The Bertz CT molecular complexity index is 229. The van der Waals surface area contributed by atoms with Crippen LogP contribution in [-0.2, 0) is 9.53 Å². The third-order valence-corrected chi connectivity index (χ3v) is 3.86. The second-order valence-corrected chi connectivity index (χ2v) is 5.97. The van der Waals surface area contributed by atoms with Crippen molar-refractivity contribution in [3.8, 4) is 0 Å². The lowest BCUT2D eigenvalue weighted by molar-refractivity contribution is -0.143. The van der Waals surface area contributed by atoms with E-state index in [0.717, 1.165) is 32.1 Å². The molecule has 3 nitrogen and oxygen atoms in total. The Kier molecular flexibility index (Phi) is 15.4. The lowest BCUT2D eigenvalue weighted by Gasteiger charge is -2.10. The number of aliphatic hydroxyl groups is 1. The van der Waals surface area contributed by atoms with E-state index in [1.807, 2.05) is 6.92 Å². The minimum absolute atomic E-state index is 0.0660. The Labute approximate surface area is 131 Å².